The highest BCUT2D eigenvalue weighted by Gasteiger charge is 2.38. The molecule has 42 heavy (non-hydrogen) atoms. The van der Waals surface area contributed by atoms with Gasteiger partial charge in [-0.05, 0) is 76.5 Å². The molecular weight excluding hydrogens is 526 g/mol. The Morgan fingerprint density at radius 2 is 1.88 bits per heavy atom. The number of likely N-dealkylation sites (tertiary alicyclic amines) is 1. The van der Waals surface area contributed by atoms with Gasteiger partial charge in [0.15, 0.2) is 5.65 Å². The van der Waals surface area contributed by atoms with Gasteiger partial charge in [-0.3, -0.25) is 14.7 Å². The number of aromatic nitrogens is 3. The van der Waals surface area contributed by atoms with E-state index in [0.717, 1.165) is 81.9 Å². The lowest BCUT2D eigenvalue weighted by atomic mass is 9.79. The highest BCUT2D eigenvalue weighted by atomic mass is 16.5. The number of phenols is 1. The molecule has 0 radical (unpaired) electrons. The first-order chi connectivity index (χ1) is 20.2. The number of piperidine rings is 1. The van der Waals surface area contributed by atoms with E-state index in [9.17, 15) is 5.11 Å². The lowest BCUT2D eigenvalue weighted by molar-refractivity contribution is 0.0505. The van der Waals surface area contributed by atoms with Gasteiger partial charge in [0.05, 0.1) is 12.6 Å². The Morgan fingerprint density at radius 1 is 1.14 bits per heavy atom. The van der Waals surface area contributed by atoms with Gasteiger partial charge >= 0.3 is 0 Å². The summed E-state index contributed by atoms with van der Waals surface area (Å²) >= 11 is 0. The van der Waals surface area contributed by atoms with E-state index >= 15 is 0 Å². The van der Waals surface area contributed by atoms with Gasteiger partial charge in [-0.25, -0.2) is 9.97 Å². The monoisotopic (exact) mass is 577 g/mol. The van der Waals surface area contributed by atoms with Crippen LogP contribution in [0.15, 0.2) is 36.5 Å². The average molecular weight is 578 g/mol. The highest BCUT2D eigenvalue weighted by Crippen LogP contribution is 2.39. The fourth-order valence-electron chi connectivity index (χ4n) is 7.31. The number of benzene rings is 1. The summed E-state index contributed by atoms with van der Waals surface area (Å²) in [4.78, 5) is 17.8. The maximum atomic E-state index is 10.1. The number of pyridine rings is 1. The van der Waals surface area contributed by atoms with Crippen molar-refractivity contribution >= 4 is 11.2 Å². The molecule has 2 aliphatic rings. The fraction of sp³-hybridized carbons (Fsp3) is 0.636. The largest absolute Gasteiger partial charge is 0.508 e. The number of fused-ring (bicyclic) bond motifs is 1. The van der Waals surface area contributed by atoms with Crippen LogP contribution in [0.5, 0.6) is 5.75 Å². The van der Waals surface area contributed by atoms with Crippen molar-refractivity contribution in [3.05, 3.63) is 53.5 Å². The number of aromatic hydroxyl groups is 1. The summed E-state index contributed by atoms with van der Waals surface area (Å²) in [6, 6.07) is 11.2. The SMILES string of the molecule is CCCC(c1nc2cc(CN3CCC(c4cccc(O)c4)(N(C)C)CC3)cnc2n1CCOC)N1C[C@@H](C)N[C@@H](C)C1. The fourth-order valence-corrected chi connectivity index (χ4v) is 7.31. The molecule has 4 heterocycles. The lowest BCUT2D eigenvalue weighted by Gasteiger charge is -2.46. The molecule has 2 fully saturated rings. The number of ether oxygens (including phenoxy) is 1. The van der Waals surface area contributed by atoms with Crippen LogP contribution in [0.25, 0.3) is 11.2 Å². The summed E-state index contributed by atoms with van der Waals surface area (Å²) in [6.45, 7) is 13.1. The Morgan fingerprint density at radius 3 is 2.52 bits per heavy atom. The zero-order valence-electron chi connectivity index (χ0n) is 26.5. The van der Waals surface area contributed by atoms with Crippen LogP contribution in [0.4, 0.5) is 0 Å². The Balaban J connectivity index is 1.37. The van der Waals surface area contributed by atoms with Gasteiger partial charge in [-0.15, -0.1) is 0 Å². The van der Waals surface area contributed by atoms with Crippen LogP contribution < -0.4 is 5.32 Å². The zero-order valence-corrected chi connectivity index (χ0v) is 26.5. The Bertz CT molecular complexity index is 1310. The van der Waals surface area contributed by atoms with Crippen molar-refractivity contribution in [1.82, 2.24) is 34.6 Å². The molecule has 0 saturated carbocycles. The third kappa shape index (κ3) is 6.50. The van der Waals surface area contributed by atoms with Crippen molar-refractivity contribution in [2.45, 2.75) is 83.2 Å². The number of phenolic OH excluding ortho intramolecular Hbond substituents is 1. The summed E-state index contributed by atoms with van der Waals surface area (Å²) in [5.74, 6) is 1.46. The second kappa shape index (κ2) is 13.4. The van der Waals surface area contributed by atoms with Gasteiger partial charge < -0.3 is 19.7 Å². The Labute approximate surface area is 251 Å². The number of hydrogen-bond donors (Lipinski definition) is 2. The number of piperazine rings is 1. The summed E-state index contributed by atoms with van der Waals surface area (Å²) in [5, 5.41) is 13.8. The maximum Gasteiger partial charge on any atom is 0.160 e. The number of nitrogens with zero attached hydrogens (tertiary/aromatic N) is 6. The van der Waals surface area contributed by atoms with E-state index in [4.69, 9.17) is 14.7 Å². The van der Waals surface area contributed by atoms with Crippen molar-refractivity contribution in [3.8, 4) is 5.75 Å². The van der Waals surface area contributed by atoms with Crippen LogP contribution in [-0.4, -0.2) is 100 Å². The van der Waals surface area contributed by atoms with E-state index in [2.05, 4.69) is 71.6 Å². The van der Waals surface area contributed by atoms with E-state index in [1.54, 1.807) is 13.2 Å². The summed E-state index contributed by atoms with van der Waals surface area (Å²) in [7, 11) is 6.07. The van der Waals surface area contributed by atoms with Crippen LogP contribution in [0.3, 0.4) is 0 Å². The molecule has 2 N–H and O–H groups in total. The molecule has 0 aliphatic carbocycles. The first-order valence-electron chi connectivity index (χ1n) is 15.8. The average Bonchev–Trinajstić information content (AvgIpc) is 3.31. The van der Waals surface area contributed by atoms with Crippen molar-refractivity contribution in [1.29, 1.82) is 0 Å². The maximum absolute atomic E-state index is 10.1. The minimum atomic E-state index is -0.0697. The molecule has 0 spiro atoms. The van der Waals surface area contributed by atoms with Gasteiger partial charge in [0, 0.05) is 70.2 Å². The number of methoxy groups -OCH3 is 1. The zero-order chi connectivity index (χ0) is 29.9. The minimum absolute atomic E-state index is 0.0697. The normalized spacial score (nSPS) is 22.6. The molecule has 9 heteroatoms. The molecule has 9 nitrogen and oxygen atoms in total. The summed E-state index contributed by atoms with van der Waals surface area (Å²) in [6.07, 6.45) is 6.24. The topological polar surface area (TPSA) is 81.9 Å². The molecule has 0 bridgehead atoms. The van der Waals surface area contributed by atoms with E-state index in [1.807, 2.05) is 18.3 Å². The number of hydrogen-bond acceptors (Lipinski definition) is 8. The first kappa shape index (κ1) is 30.9. The van der Waals surface area contributed by atoms with E-state index < -0.39 is 0 Å². The molecule has 1 unspecified atom stereocenters. The predicted molar refractivity (Wildman–Crippen MR) is 169 cm³/mol. The van der Waals surface area contributed by atoms with Gasteiger partial charge in [0.1, 0.15) is 17.1 Å². The predicted octanol–water partition coefficient (Wildman–Crippen LogP) is 4.36. The molecule has 5 rings (SSSR count). The second-order valence-corrected chi connectivity index (χ2v) is 12.8. The van der Waals surface area contributed by atoms with E-state index in [1.165, 1.54) is 11.1 Å². The number of imidazole rings is 1. The van der Waals surface area contributed by atoms with Crippen molar-refractivity contribution in [2.75, 3.05) is 54.0 Å². The third-order valence-corrected chi connectivity index (χ3v) is 9.41. The highest BCUT2D eigenvalue weighted by molar-refractivity contribution is 5.72. The molecule has 230 valence electrons. The molecule has 2 aliphatic heterocycles. The molecule has 3 aromatic rings. The number of nitrogens with one attached hydrogen (secondary N) is 1. The minimum Gasteiger partial charge on any atom is -0.508 e. The summed E-state index contributed by atoms with van der Waals surface area (Å²) in [5.41, 5.74) is 4.27. The van der Waals surface area contributed by atoms with Gasteiger partial charge in [0.2, 0.25) is 0 Å². The molecule has 1 aromatic carbocycles. The smallest absolute Gasteiger partial charge is 0.160 e. The van der Waals surface area contributed by atoms with Crippen molar-refractivity contribution < 1.29 is 9.84 Å². The third-order valence-electron chi connectivity index (χ3n) is 9.41. The van der Waals surface area contributed by atoms with Gasteiger partial charge in [-0.2, -0.15) is 0 Å². The van der Waals surface area contributed by atoms with Crippen LogP contribution in [0.1, 0.15) is 69.4 Å². The van der Waals surface area contributed by atoms with Crippen LogP contribution in [0.2, 0.25) is 0 Å². The quantitative estimate of drug-likeness (QED) is 0.348. The van der Waals surface area contributed by atoms with Gasteiger partial charge in [0.25, 0.3) is 0 Å². The lowest BCUT2D eigenvalue weighted by Crippen LogP contribution is -2.55. The second-order valence-electron chi connectivity index (χ2n) is 12.8. The molecule has 0 amide bonds. The van der Waals surface area contributed by atoms with Crippen LogP contribution >= 0.6 is 0 Å². The van der Waals surface area contributed by atoms with E-state index in [-0.39, 0.29) is 11.6 Å². The summed E-state index contributed by atoms with van der Waals surface area (Å²) < 4.78 is 7.82. The molecule has 2 aromatic heterocycles. The molecule has 2 saturated heterocycles. The Kier molecular flexibility index (Phi) is 9.84. The molecular formula is C33H51N7O2. The van der Waals surface area contributed by atoms with Crippen LogP contribution in [0, 0.1) is 0 Å². The van der Waals surface area contributed by atoms with Crippen molar-refractivity contribution in [2.24, 2.45) is 0 Å². The van der Waals surface area contributed by atoms with Crippen molar-refractivity contribution in [3.63, 3.8) is 0 Å². The van der Waals surface area contributed by atoms with Gasteiger partial charge in [-0.1, -0.05) is 25.5 Å². The number of rotatable bonds is 11. The van der Waals surface area contributed by atoms with Crippen LogP contribution in [-0.2, 0) is 23.4 Å². The first-order valence-corrected chi connectivity index (χ1v) is 15.8. The molecule has 3 atom stereocenters. The van der Waals surface area contributed by atoms with E-state index in [0.29, 0.717) is 24.4 Å². The standard InChI is InChI=1S/C33H51N7O2/c1-7-9-30(39-21-24(2)35-25(3)22-39)32-36-29-18-26(20-34-31(29)40(32)16-17-42-6)23-38-14-12-33(13-15-38,37(4)5)27-10-8-11-28(41)19-27/h8,10-11,18-20,24-25,30,35,41H,7,9,12-17,21-23H2,1-6H3/t24-,25+,30?. The Hall–Kier alpha value is -2.56.